The number of hydrogen-bond donors (Lipinski definition) is 1. The highest BCUT2D eigenvalue weighted by Crippen LogP contribution is 2.23. The van der Waals surface area contributed by atoms with Gasteiger partial charge in [-0.15, -0.1) is 0 Å². The Hall–Kier alpha value is -1.39. The Balaban J connectivity index is 2.01. The van der Waals surface area contributed by atoms with Crippen molar-refractivity contribution in [3.05, 3.63) is 29.3 Å². The van der Waals surface area contributed by atoms with Crippen LogP contribution >= 0.6 is 0 Å². The van der Waals surface area contributed by atoms with Crippen LogP contribution in [-0.4, -0.2) is 49.5 Å². The third-order valence-electron chi connectivity index (χ3n) is 3.66. The summed E-state index contributed by atoms with van der Waals surface area (Å²) in [5.41, 5.74) is 1.82. The topological polar surface area (TPSA) is 41.6 Å². The summed E-state index contributed by atoms with van der Waals surface area (Å²) in [6, 6.07) is 5.84. The first kappa shape index (κ1) is 16.0. The molecule has 21 heavy (non-hydrogen) atoms. The standard InChI is InChI=1S/C17H26N2O2/c1-13(2)21-17-5-4-14(3)12-15(17)16(20)6-9-19-10-7-18-8-11-19/h4-5,12-13,18H,6-11H2,1-3H3. The number of ether oxygens (including phenoxy) is 1. The summed E-state index contributed by atoms with van der Waals surface area (Å²) in [6.07, 6.45) is 0.630. The summed E-state index contributed by atoms with van der Waals surface area (Å²) < 4.78 is 5.77. The zero-order valence-corrected chi connectivity index (χ0v) is 13.3. The Morgan fingerprint density at radius 1 is 1.33 bits per heavy atom. The second-order valence-electron chi connectivity index (χ2n) is 5.93. The molecule has 0 saturated carbocycles. The van der Waals surface area contributed by atoms with Gasteiger partial charge < -0.3 is 15.0 Å². The zero-order valence-electron chi connectivity index (χ0n) is 13.3. The highest BCUT2D eigenvalue weighted by atomic mass is 16.5. The first-order chi connectivity index (χ1) is 10.1. The Morgan fingerprint density at radius 2 is 2.05 bits per heavy atom. The molecule has 0 spiro atoms. The summed E-state index contributed by atoms with van der Waals surface area (Å²) in [7, 11) is 0. The van der Waals surface area contributed by atoms with Gasteiger partial charge in [0, 0.05) is 39.1 Å². The van der Waals surface area contributed by atoms with Crippen LogP contribution < -0.4 is 10.1 Å². The van der Waals surface area contributed by atoms with E-state index in [1.54, 1.807) is 0 Å². The molecule has 1 aliphatic heterocycles. The molecule has 0 radical (unpaired) electrons. The minimum absolute atomic E-state index is 0.0763. The second kappa shape index (κ2) is 7.57. The van der Waals surface area contributed by atoms with Gasteiger partial charge in [-0.3, -0.25) is 4.79 Å². The van der Waals surface area contributed by atoms with E-state index in [2.05, 4.69) is 10.2 Å². The fourth-order valence-electron chi connectivity index (χ4n) is 2.55. The van der Waals surface area contributed by atoms with Gasteiger partial charge in [0.05, 0.1) is 11.7 Å². The van der Waals surface area contributed by atoms with Crippen LogP contribution in [0.25, 0.3) is 0 Å². The van der Waals surface area contributed by atoms with Gasteiger partial charge in [0.1, 0.15) is 5.75 Å². The number of nitrogens with one attached hydrogen (secondary N) is 1. The van der Waals surface area contributed by atoms with Crippen LogP contribution in [0.15, 0.2) is 18.2 Å². The lowest BCUT2D eigenvalue weighted by Crippen LogP contribution is -2.44. The number of piperazine rings is 1. The van der Waals surface area contributed by atoms with E-state index in [-0.39, 0.29) is 11.9 Å². The molecule has 1 aromatic carbocycles. The van der Waals surface area contributed by atoms with Gasteiger partial charge in [0.25, 0.3) is 0 Å². The van der Waals surface area contributed by atoms with Crippen molar-refractivity contribution in [2.75, 3.05) is 32.7 Å². The summed E-state index contributed by atoms with van der Waals surface area (Å²) in [4.78, 5) is 14.9. The monoisotopic (exact) mass is 290 g/mol. The molecular weight excluding hydrogens is 264 g/mol. The Morgan fingerprint density at radius 3 is 2.71 bits per heavy atom. The molecule has 1 heterocycles. The third kappa shape index (κ3) is 4.83. The van der Waals surface area contributed by atoms with Crippen molar-refractivity contribution in [3.8, 4) is 5.75 Å². The number of rotatable bonds is 6. The number of hydrogen-bond acceptors (Lipinski definition) is 4. The molecule has 1 saturated heterocycles. The molecule has 1 fully saturated rings. The van der Waals surface area contributed by atoms with E-state index < -0.39 is 0 Å². The van der Waals surface area contributed by atoms with E-state index >= 15 is 0 Å². The molecular formula is C17H26N2O2. The smallest absolute Gasteiger partial charge is 0.167 e. The van der Waals surface area contributed by atoms with Crippen LogP contribution in [0, 0.1) is 6.92 Å². The number of ketones is 1. The lowest BCUT2D eigenvalue weighted by Gasteiger charge is -2.26. The van der Waals surface area contributed by atoms with Crippen molar-refractivity contribution >= 4 is 5.78 Å². The van der Waals surface area contributed by atoms with Crippen molar-refractivity contribution in [3.63, 3.8) is 0 Å². The van der Waals surface area contributed by atoms with Gasteiger partial charge in [-0.1, -0.05) is 11.6 Å². The number of carbonyl (C=O) groups excluding carboxylic acids is 1. The molecule has 4 nitrogen and oxygen atoms in total. The van der Waals surface area contributed by atoms with E-state index in [1.165, 1.54) is 0 Å². The highest BCUT2D eigenvalue weighted by Gasteiger charge is 2.16. The van der Waals surface area contributed by atoms with Crippen molar-refractivity contribution in [2.24, 2.45) is 0 Å². The Kier molecular flexibility index (Phi) is 5.76. The number of nitrogens with zero attached hydrogens (tertiary/aromatic N) is 1. The second-order valence-corrected chi connectivity index (χ2v) is 5.93. The summed E-state index contributed by atoms with van der Waals surface area (Å²) in [5, 5.41) is 3.33. The number of benzene rings is 1. The van der Waals surface area contributed by atoms with Gasteiger partial charge in [0.2, 0.25) is 0 Å². The molecule has 0 aromatic heterocycles. The molecule has 0 unspecified atom stereocenters. The van der Waals surface area contributed by atoms with Crippen LogP contribution in [0.2, 0.25) is 0 Å². The van der Waals surface area contributed by atoms with Crippen molar-refractivity contribution < 1.29 is 9.53 Å². The molecule has 0 bridgehead atoms. The van der Waals surface area contributed by atoms with Gasteiger partial charge >= 0.3 is 0 Å². The molecule has 1 aromatic rings. The minimum Gasteiger partial charge on any atom is -0.490 e. The fourth-order valence-corrected chi connectivity index (χ4v) is 2.55. The van der Waals surface area contributed by atoms with Crippen molar-refractivity contribution in [1.82, 2.24) is 10.2 Å². The molecule has 116 valence electrons. The number of carbonyl (C=O) groups is 1. The largest absolute Gasteiger partial charge is 0.490 e. The Labute approximate surface area is 127 Å². The van der Waals surface area contributed by atoms with Crippen LogP contribution in [-0.2, 0) is 0 Å². The first-order valence-electron chi connectivity index (χ1n) is 7.80. The molecule has 0 aliphatic carbocycles. The number of Topliss-reactive ketones (excluding diaryl/α,β-unsaturated/α-hetero) is 1. The molecule has 4 heteroatoms. The van der Waals surface area contributed by atoms with E-state index in [0.29, 0.717) is 12.2 Å². The van der Waals surface area contributed by atoms with Gasteiger partial charge in [-0.25, -0.2) is 0 Å². The van der Waals surface area contributed by atoms with E-state index in [4.69, 9.17) is 4.74 Å². The normalized spacial score (nSPS) is 16.2. The fraction of sp³-hybridized carbons (Fsp3) is 0.588. The SMILES string of the molecule is Cc1ccc(OC(C)C)c(C(=O)CCN2CCNCC2)c1. The quantitative estimate of drug-likeness (QED) is 0.816. The van der Waals surface area contributed by atoms with Crippen LogP contribution in [0.1, 0.15) is 36.2 Å². The van der Waals surface area contributed by atoms with Crippen LogP contribution in [0.4, 0.5) is 0 Å². The average Bonchev–Trinajstić information content (AvgIpc) is 2.47. The van der Waals surface area contributed by atoms with Crippen molar-refractivity contribution in [1.29, 1.82) is 0 Å². The molecule has 2 rings (SSSR count). The maximum Gasteiger partial charge on any atom is 0.167 e. The van der Waals surface area contributed by atoms with Gasteiger partial charge in [0.15, 0.2) is 5.78 Å². The first-order valence-corrected chi connectivity index (χ1v) is 7.80. The lowest BCUT2D eigenvalue weighted by atomic mass is 10.0. The predicted octanol–water partition coefficient (Wildman–Crippen LogP) is 2.26. The van der Waals surface area contributed by atoms with Crippen molar-refractivity contribution in [2.45, 2.75) is 33.3 Å². The molecule has 1 aliphatic rings. The summed E-state index contributed by atoms with van der Waals surface area (Å²) >= 11 is 0. The number of aryl methyl sites for hydroxylation is 1. The Bertz CT molecular complexity index is 480. The minimum atomic E-state index is 0.0763. The molecule has 0 atom stereocenters. The van der Waals surface area contributed by atoms with E-state index in [0.717, 1.165) is 43.9 Å². The van der Waals surface area contributed by atoms with E-state index in [1.807, 2.05) is 39.0 Å². The summed E-state index contributed by atoms with van der Waals surface area (Å²) in [6.45, 7) is 10.9. The highest BCUT2D eigenvalue weighted by molar-refractivity contribution is 5.99. The average molecular weight is 290 g/mol. The molecule has 1 N–H and O–H groups in total. The van der Waals surface area contributed by atoms with Gasteiger partial charge in [-0.2, -0.15) is 0 Å². The third-order valence-corrected chi connectivity index (χ3v) is 3.66. The van der Waals surface area contributed by atoms with Gasteiger partial charge in [-0.05, 0) is 32.9 Å². The maximum absolute atomic E-state index is 12.5. The van der Waals surface area contributed by atoms with Crippen LogP contribution in [0.5, 0.6) is 5.75 Å². The van der Waals surface area contributed by atoms with E-state index in [9.17, 15) is 4.79 Å². The predicted molar refractivity (Wildman–Crippen MR) is 85.2 cm³/mol. The maximum atomic E-state index is 12.5. The van der Waals surface area contributed by atoms with Crippen LogP contribution in [0.3, 0.4) is 0 Å². The summed E-state index contributed by atoms with van der Waals surface area (Å²) in [5.74, 6) is 0.883. The lowest BCUT2D eigenvalue weighted by molar-refractivity contribution is 0.0955. The molecule has 0 amide bonds. The zero-order chi connectivity index (χ0) is 15.2.